The number of rotatable bonds is 3. The molecule has 1 heterocycles. The van der Waals surface area contributed by atoms with Gasteiger partial charge in [-0.3, -0.25) is 0 Å². The molecule has 0 bridgehead atoms. The van der Waals surface area contributed by atoms with Crippen molar-refractivity contribution >= 4 is 17.4 Å². The van der Waals surface area contributed by atoms with Crippen LogP contribution in [0.2, 0.25) is 0 Å². The number of allylic oxidation sites excluding steroid dienone is 2. The van der Waals surface area contributed by atoms with E-state index in [1.54, 1.807) is 11.8 Å². The van der Waals surface area contributed by atoms with E-state index in [0.717, 1.165) is 17.0 Å². The maximum Gasteiger partial charge on any atom is 0.0529 e. The van der Waals surface area contributed by atoms with E-state index in [0.29, 0.717) is 0 Å². The molecule has 0 aromatic heterocycles. The van der Waals surface area contributed by atoms with Crippen LogP contribution in [0.4, 0.5) is 5.69 Å². The summed E-state index contributed by atoms with van der Waals surface area (Å²) in [5.41, 5.74) is 3.56. The standard InChI is InChI=1S/C14H15NS/c1-4-10-7-8-14-12(9-10)15-11(5-2)13(6-3)16-14/h5-9,15H,2-4H2,1H3. The van der Waals surface area contributed by atoms with Crippen molar-refractivity contribution in [2.45, 2.75) is 18.2 Å². The van der Waals surface area contributed by atoms with E-state index >= 15 is 0 Å². The molecule has 16 heavy (non-hydrogen) atoms. The molecular weight excluding hydrogens is 214 g/mol. The molecule has 0 atom stereocenters. The summed E-state index contributed by atoms with van der Waals surface area (Å²) in [7, 11) is 0. The Hall–Kier alpha value is -1.41. The topological polar surface area (TPSA) is 12.0 Å². The van der Waals surface area contributed by atoms with Gasteiger partial charge in [-0.05, 0) is 30.2 Å². The lowest BCUT2D eigenvalue weighted by atomic mass is 10.1. The van der Waals surface area contributed by atoms with Crippen molar-refractivity contribution in [3.05, 3.63) is 59.7 Å². The summed E-state index contributed by atoms with van der Waals surface area (Å²) in [6.07, 6.45) is 4.76. The second-order valence-corrected chi connectivity index (χ2v) is 4.68. The summed E-state index contributed by atoms with van der Waals surface area (Å²) < 4.78 is 0. The first kappa shape index (κ1) is 11.1. The molecule has 0 amide bonds. The molecule has 0 unspecified atom stereocenters. The minimum Gasteiger partial charge on any atom is -0.354 e. The molecule has 0 radical (unpaired) electrons. The van der Waals surface area contributed by atoms with Crippen molar-refractivity contribution in [2.24, 2.45) is 0 Å². The molecule has 2 rings (SSSR count). The predicted molar refractivity (Wildman–Crippen MR) is 72.7 cm³/mol. The van der Waals surface area contributed by atoms with Crippen LogP contribution in [0.1, 0.15) is 12.5 Å². The van der Waals surface area contributed by atoms with Crippen LogP contribution in [0.5, 0.6) is 0 Å². The number of nitrogens with one attached hydrogen (secondary N) is 1. The number of hydrogen-bond acceptors (Lipinski definition) is 2. The van der Waals surface area contributed by atoms with E-state index in [4.69, 9.17) is 0 Å². The number of anilines is 1. The van der Waals surface area contributed by atoms with E-state index in [1.165, 1.54) is 16.1 Å². The molecule has 1 aromatic rings. The zero-order chi connectivity index (χ0) is 11.5. The fraction of sp³-hybridized carbons (Fsp3) is 0.143. The molecule has 0 fully saturated rings. The lowest BCUT2D eigenvalue weighted by Crippen LogP contribution is -2.05. The van der Waals surface area contributed by atoms with Crippen LogP contribution in [0.25, 0.3) is 0 Å². The average Bonchev–Trinajstić information content (AvgIpc) is 2.36. The number of aryl methyl sites for hydroxylation is 1. The zero-order valence-electron chi connectivity index (χ0n) is 9.42. The van der Waals surface area contributed by atoms with Gasteiger partial charge in [-0.15, -0.1) is 0 Å². The van der Waals surface area contributed by atoms with Crippen LogP contribution >= 0.6 is 11.8 Å². The van der Waals surface area contributed by atoms with Gasteiger partial charge in [0.25, 0.3) is 0 Å². The van der Waals surface area contributed by atoms with Gasteiger partial charge in [0.05, 0.1) is 11.4 Å². The van der Waals surface area contributed by atoms with E-state index in [-0.39, 0.29) is 0 Å². The largest absolute Gasteiger partial charge is 0.354 e. The van der Waals surface area contributed by atoms with Crippen molar-refractivity contribution < 1.29 is 0 Å². The van der Waals surface area contributed by atoms with Crippen LogP contribution in [0, 0.1) is 0 Å². The van der Waals surface area contributed by atoms with E-state index < -0.39 is 0 Å². The Bertz CT molecular complexity index is 472. The summed E-state index contributed by atoms with van der Waals surface area (Å²) in [4.78, 5) is 2.38. The van der Waals surface area contributed by atoms with Crippen LogP contribution in [-0.4, -0.2) is 0 Å². The van der Waals surface area contributed by atoms with Crippen molar-refractivity contribution in [1.82, 2.24) is 0 Å². The Morgan fingerprint density at radius 3 is 2.75 bits per heavy atom. The van der Waals surface area contributed by atoms with Gasteiger partial charge < -0.3 is 5.32 Å². The third kappa shape index (κ3) is 1.93. The molecule has 1 aliphatic rings. The summed E-state index contributed by atoms with van der Waals surface area (Å²) in [6.45, 7) is 9.80. The van der Waals surface area contributed by atoms with Gasteiger partial charge in [-0.25, -0.2) is 0 Å². The highest BCUT2D eigenvalue weighted by molar-refractivity contribution is 8.03. The molecular formula is C14H15NS. The lowest BCUT2D eigenvalue weighted by Gasteiger charge is -2.21. The third-order valence-corrected chi connectivity index (χ3v) is 3.78. The molecule has 1 N–H and O–H groups in total. The van der Waals surface area contributed by atoms with Gasteiger partial charge in [-0.1, -0.05) is 44.0 Å². The molecule has 0 aliphatic carbocycles. The Balaban J connectivity index is 2.42. The van der Waals surface area contributed by atoms with Crippen LogP contribution in [-0.2, 0) is 6.42 Å². The Kier molecular flexibility index (Phi) is 3.20. The average molecular weight is 229 g/mol. The minimum absolute atomic E-state index is 1.04. The Morgan fingerprint density at radius 2 is 2.12 bits per heavy atom. The SMILES string of the molecule is C=CC1=C(C=C)Sc2ccc(CC)cc2N1. The lowest BCUT2D eigenvalue weighted by molar-refractivity contribution is 1.13. The number of fused-ring (bicyclic) bond motifs is 1. The zero-order valence-corrected chi connectivity index (χ0v) is 10.2. The molecule has 1 nitrogen and oxygen atoms in total. The van der Waals surface area contributed by atoms with E-state index in [9.17, 15) is 0 Å². The first-order chi connectivity index (χ1) is 7.78. The van der Waals surface area contributed by atoms with Crippen LogP contribution in [0.15, 0.2) is 59.0 Å². The quantitative estimate of drug-likeness (QED) is 0.827. The van der Waals surface area contributed by atoms with Crippen molar-refractivity contribution in [3.8, 4) is 0 Å². The van der Waals surface area contributed by atoms with Crippen molar-refractivity contribution in [2.75, 3.05) is 5.32 Å². The smallest absolute Gasteiger partial charge is 0.0529 e. The predicted octanol–water partition coefficient (Wildman–Crippen LogP) is 4.35. The maximum absolute atomic E-state index is 3.82. The first-order valence-electron chi connectivity index (χ1n) is 5.35. The van der Waals surface area contributed by atoms with Crippen molar-refractivity contribution in [3.63, 3.8) is 0 Å². The highest BCUT2D eigenvalue weighted by Gasteiger charge is 2.14. The van der Waals surface area contributed by atoms with Gasteiger partial charge in [-0.2, -0.15) is 0 Å². The molecule has 0 saturated heterocycles. The molecule has 2 heteroatoms. The van der Waals surface area contributed by atoms with Gasteiger partial charge in [0.1, 0.15) is 0 Å². The fourth-order valence-corrected chi connectivity index (χ4v) is 2.59. The van der Waals surface area contributed by atoms with Crippen molar-refractivity contribution in [1.29, 1.82) is 0 Å². The first-order valence-corrected chi connectivity index (χ1v) is 6.17. The summed E-state index contributed by atoms with van der Waals surface area (Å²) in [5.74, 6) is 0. The number of hydrogen-bond donors (Lipinski definition) is 1. The van der Waals surface area contributed by atoms with Crippen LogP contribution < -0.4 is 5.32 Å². The summed E-state index contributed by atoms with van der Waals surface area (Å²) in [6, 6.07) is 6.54. The van der Waals surface area contributed by atoms with E-state index in [2.05, 4.69) is 43.6 Å². The van der Waals surface area contributed by atoms with Gasteiger partial charge in [0, 0.05) is 9.80 Å². The van der Waals surface area contributed by atoms with Gasteiger partial charge in [0.2, 0.25) is 0 Å². The molecule has 0 spiro atoms. The van der Waals surface area contributed by atoms with E-state index in [1.807, 2.05) is 12.2 Å². The summed E-state index contributed by atoms with van der Waals surface area (Å²) in [5, 5.41) is 3.39. The molecule has 1 aromatic carbocycles. The Labute approximate surface area is 101 Å². The summed E-state index contributed by atoms with van der Waals surface area (Å²) >= 11 is 1.74. The molecule has 1 aliphatic heterocycles. The molecule has 0 saturated carbocycles. The van der Waals surface area contributed by atoms with Gasteiger partial charge >= 0.3 is 0 Å². The number of thioether (sulfide) groups is 1. The highest BCUT2D eigenvalue weighted by atomic mass is 32.2. The normalized spacial score (nSPS) is 14.1. The van der Waals surface area contributed by atoms with Crippen LogP contribution in [0.3, 0.4) is 0 Å². The second-order valence-electron chi connectivity index (χ2n) is 3.60. The maximum atomic E-state index is 3.82. The minimum atomic E-state index is 1.04. The Morgan fingerprint density at radius 1 is 1.31 bits per heavy atom. The second kappa shape index (κ2) is 4.62. The van der Waals surface area contributed by atoms with Gasteiger partial charge in [0.15, 0.2) is 0 Å². The third-order valence-electron chi connectivity index (χ3n) is 2.60. The molecule has 82 valence electrons. The monoisotopic (exact) mass is 229 g/mol. The highest BCUT2D eigenvalue weighted by Crippen LogP contribution is 2.40. The fourth-order valence-electron chi connectivity index (χ4n) is 1.67. The number of benzene rings is 1.